The average molecular weight is 406 g/mol. The standard InChI is InChI=1S/C18H23N5O4S/c1-3-7-23(11-15-21-22-16(27-15)14-6-5-8-28-14)10-13-12(17(24)26-4-2)9-19-18(25)20-13/h5-6,8H,3-4,7,9-11H2,1-2H3,(H2,19,20,25)/p+1. The van der Waals surface area contributed by atoms with Crippen molar-refractivity contribution in [3.05, 3.63) is 34.7 Å². The summed E-state index contributed by atoms with van der Waals surface area (Å²) in [5, 5.41) is 15.6. The first-order valence-corrected chi connectivity index (χ1v) is 10.1. The molecule has 0 aliphatic carbocycles. The van der Waals surface area contributed by atoms with Crippen molar-refractivity contribution in [3.8, 4) is 10.8 Å². The number of nitrogens with zero attached hydrogens (tertiary/aromatic N) is 2. The maximum atomic E-state index is 12.2. The van der Waals surface area contributed by atoms with Gasteiger partial charge in [-0.1, -0.05) is 13.0 Å². The van der Waals surface area contributed by atoms with Gasteiger partial charge in [-0.05, 0) is 24.8 Å². The average Bonchev–Trinajstić information content (AvgIpc) is 3.33. The van der Waals surface area contributed by atoms with Crippen LogP contribution in [0.4, 0.5) is 4.79 Å². The second kappa shape index (κ2) is 9.47. The van der Waals surface area contributed by atoms with E-state index in [2.05, 4.69) is 27.8 Å². The van der Waals surface area contributed by atoms with Gasteiger partial charge in [0.05, 0.1) is 35.8 Å². The molecule has 2 aromatic heterocycles. The van der Waals surface area contributed by atoms with Crippen LogP contribution in [0.15, 0.2) is 33.2 Å². The van der Waals surface area contributed by atoms with Gasteiger partial charge in [-0.3, -0.25) is 0 Å². The number of ether oxygens (including phenoxy) is 1. The van der Waals surface area contributed by atoms with Crippen LogP contribution >= 0.6 is 11.3 Å². The van der Waals surface area contributed by atoms with Crippen LogP contribution in [-0.4, -0.2) is 48.4 Å². The summed E-state index contributed by atoms with van der Waals surface area (Å²) in [6.07, 6.45) is 0.926. The third-order valence-electron chi connectivity index (χ3n) is 4.21. The van der Waals surface area contributed by atoms with Crippen LogP contribution in [0, 0.1) is 0 Å². The molecule has 2 amide bonds. The van der Waals surface area contributed by atoms with E-state index in [1.165, 1.54) is 11.3 Å². The molecule has 2 aromatic rings. The van der Waals surface area contributed by atoms with Crippen LogP contribution in [0.3, 0.4) is 0 Å². The lowest BCUT2D eigenvalue weighted by molar-refractivity contribution is -0.910. The van der Waals surface area contributed by atoms with Crippen LogP contribution in [0.2, 0.25) is 0 Å². The molecule has 1 aliphatic heterocycles. The number of quaternary nitrogens is 1. The van der Waals surface area contributed by atoms with E-state index in [1.54, 1.807) is 6.92 Å². The lowest BCUT2D eigenvalue weighted by Gasteiger charge is -2.24. The van der Waals surface area contributed by atoms with E-state index < -0.39 is 5.97 Å². The van der Waals surface area contributed by atoms with Crippen LogP contribution in [-0.2, 0) is 16.1 Å². The van der Waals surface area contributed by atoms with Crippen molar-refractivity contribution in [1.82, 2.24) is 20.8 Å². The molecule has 0 spiro atoms. The Morgan fingerprint density at radius 2 is 2.21 bits per heavy atom. The molecule has 1 unspecified atom stereocenters. The van der Waals surface area contributed by atoms with Crippen molar-refractivity contribution < 1.29 is 23.6 Å². The SMILES string of the molecule is CCC[NH+](CC1=C(C(=O)OCC)CNC(=O)N1)Cc1nnc(-c2cccs2)o1. The zero-order valence-electron chi connectivity index (χ0n) is 15.9. The molecule has 0 bridgehead atoms. The number of thiophene rings is 1. The predicted molar refractivity (Wildman–Crippen MR) is 102 cm³/mol. The number of carbonyl (C=O) groups is 2. The molecule has 3 heterocycles. The predicted octanol–water partition coefficient (Wildman–Crippen LogP) is 0.723. The highest BCUT2D eigenvalue weighted by Crippen LogP contribution is 2.22. The van der Waals surface area contributed by atoms with Gasteiger partial charge >= 0.3 is 12.0 Å². The van der Waals surface area contributed by atoms with E-state index in [0.29, 0.717) is 36.1 Å². The number of hydrogen-bond acceptors (Lipinski definition) is 7. The van der Waals surface area contributed by atoms with Crippen LogP contribution in [0.5, 0.6) is 0 Å². The van der Waals surface area contributed by atoms with Gasteiger partial charge in [-0.15, -0.1) is 21.5 Å². The van der Waals surface area contributed by atoms with E-state index >= 15 is 0 Å². The highest BCUT2D eigenvalue weighted by Gasteiger charge is 2.27. The minimum absolute atomic E-state index is 0.155. The summed E-state index contributed by atoms with van der Waals surface area (Å²) in [6.45, 7) is 6.03. The first-order chi connectivity index (χ1) is 13.6. The molecule has 1 aliphatic rings. The fraction of sp³-hybridized carbons (Fsp3) is 0.444. The van der Waals surface area contributed by atoms with Gasteiger partial charge in [0.2, 0.25) is 0 Å². The van der Waals surface area contributed by atoms with Crippen molar-refractivity contribution in [2.75, 3.05) is 26.2 Å². The normalized spacial score (nSPS) is 15.1. The largest absolute Gasteiger partial charge is 0.463 e. The van der Waals surface area contributed by atoms with E-state index in [4.69, 9.17) is 9.15 Å². The maximum Gasteiger partial charge on any atom is 0.337 e. The Bertz CT molecular complexity index is 846. The van der Waals surface area contributed by atoms with Crippen molar-refractivity contribution in [2.24, 2.45) is 0 Å². The Morgan fingerprint density at radius 1 is 1.36 bits per heavy atom. The quantitative estimate of drug-likeness (QED) is 0.530. The van der Waals surface area contributed by atoms with E-state index in [0.717, 1.165) is 22.7 Å². The van der Waals surface area contributed by atoms with Crippen LogP contribution in [0.1, 0.15) is 26.2 Å². The Labute approximate surface area is 166 Å². The molecule has 0 aromatic carbocycles. The van der Waals surface area contributed by atoms with Gasteiger partial charge in [0, 0.05) is 0 Å². The Kier molecular flexibility index (Phi) is 6.77. The first kappa shape index (κ1) is 20.0. The number of aromatic nitrogens is 2. The first-order valence-electron chi connectivity index (χ1n) is 9.24. The molecule has 0 fully saturated rings. The maximum absolute atomic E-state index is 12.2. The van der Waals surface area contributed by atoms with E-state index in [9.17, 15) is 9.59 Å². The zero-order valence-corrected chi connectivity index (χ0v) is 16.7. The van der Waals surface area contributed by atoms with Gasteiger partial charge in [0.1, 0.15) is 6.54 Å². The summed E-state index contributed by atoms with van der Waals surface area (Å²) < 4.78 is 10.9. The summed E-state index contributed by atoms with van der Waals surface area (Å²) >= 11 is 1.54. The number of hydrogen-bond donors (Lipinski definition) is 3. The molecular formula is C18H24N5O4S+. The summed E-state index contributed by atoms with van der Waals surface area (Å²) in [7, 11) is 0. The summed E-state index contributed by atoms with van der Waals surface area (Å²) in [4.78, 5) is 26.0. The van der Waals surface area contributed by atoms with Crippen molar-refractivity contribution in [1.29, 1.82) is 0 Å². The van der Waals surface area contributed by atoms with Gasteiger partial charge < -0.3 is 24.7 Å². The van der Waals surface area contributed by atoms with Crippen LogP contribution < -0.4 is 15.5 Å². The van der Waals surface area contributed by atoms with Crippen molar-refractivity contribution >= 4 is 23.3 Å². The minimum Gasteiger partial charge on any atom is -0.463 e. The smallest absolute Gasteiger partial charge is 0.337 e. The monoisotopic (exact) mass is 406 g/mol. The van der Waals surface area contributed by atoms with Crippen molar-refractivity contribution in [3.63, 3.8) is 0 Å². The molecule has 10 heteroatoms. The Balaban J connectivity index is 1.75. The third kappa shape index (κ3) is 4.96. The Hall–Kier alpha value is -2.72. The number of rotatable bonds is 9. The summed E-state index contributed by atoms with van der Waals surface area (Å²) in [5.74, 6) is 0.603. The van der Waals surface area contributed by atoms with Crippen LogP contribution in [0.25, 0.3) is 10.8 Å². The molecule has 1 atom stereocenters. The Morgan fingerprint density at radius 3 is 2.93 bits per heavy atom. The molecule has 3 N–H and O–H groups in total. The van der Waals surface area contributed by atoms with Gasteiger partial charge in [0.25, 0.3) is 11.8 Å². The molecule has 9 nitrogen and oxygen atoms in total. The molecule has 0 saturated heterocycles. The molecule has 28 heavy (non-hydrogen) atoms. The van der Waals surface area contributed by atoms with E-state index in [-0.39, 0.29) is 19.2 Å². The highest BCUT2D eigenvalue weighted by molar-refractivity contribution is 7.13. The minimum atomic E-state index is -0.418. The van der Waals surface area contributed by atoms with Gasteiger partial charge in [-0.25, -0.2) is 9.59 Å². The molecule has 150 valence electrons. The zero-order chi connectivity index (χ0) is 19.9. The topological polar surface area (TPSA) is 111 Å². The van der Waals surface area contributed by atoms with Gasteiger partial charge in [0.15, 0.2) is 6.54 Å². The summed E-state index contributed by atoms with van der Waals surface area (Å²) in [5.41, 5.74) is 1.02. The lowest BCUT2D eigenvalue weighted by Crippen LogP contribution is -3.11. The number of urea groups is 1. The van der Waals surface area contributed by atoms with Gasteiger partial charge in [-0.2, -0.15) is 0 Å². The molecular weight excluding hydrogens is 382 g/mol. The molecule has 0 saturated carbocycles. The second-order valence-electron chi connectivity index (χ2n) is 6.32. The van der Waals surface area contributed by atoms with E-state index in [1.807, 2.05) is 17.5 Å². The molecule has 0 radical (unpaired) electrons. The number of nitrogens with one attached hydrogen (secondary N) is 3. The number of esters is 1. The lowest BCUT2D eigenvalue weighted by atomic mass is 10.1. The fourth-order valence-corrected chi connectivity index (χ4v) is 3.62. The number of carbonyl (C=O) groups excluding carboxylic acids is 2. The highest BCUT2D eigenvalue weighted by atomic mass is 32.1. The number of amides is 2. The third-order valence-corrected chi connectivity index (χ3v) is 5.06. The molecule has 3 rings (SSSR count). The fourth-order valence-electron chi connectivity index (χ4n) is 2.98. The summed E-state index contributed by atoms with van der Waals surface area (Å²) in [6, 6.07) is 3.54. The second-order valence-corrected chi connectivity index (χ2v) is 7.26. The van der Waals surface area contributed by atoms with Crippen molar-refractivity contribution in [2.45, 2.75) is 26.8 Å².